The standard InChI is InChI=1S/C35H42N2O6/c1-20-13-31(9-10-33(20)41)43-34-22(3)12-25(16-28(37)19-39)32(23(34)4)17-26-14-24(15-27(36)18-38)11-21(2)35(26)42-30-7-5-29(40)6-8-30/h5-14,27-28,38-41H,15-19,36-37H2,1-4H3. The Morgan fingerprint density at radius 1 is 0.651 bits per heavy atom. The highest BCUT2D eigenvalue weighted by Gasteiger charge is 2.21. The van der Waals surface area contributed by atoms with Crippen LogP contribution < -0.4 is 20.9 Å². The molecule has 0 saturated carbocycles. The molecular formula is C35H42N2O6. The molecular weight excluding hydrogens is 544 g/mol. The van der Waals surface area contributed by atoms with Gasteiger partial charge >= 0.3 is 0 Å². The van der Waals surface area contributed by atoms with Crippen LogP contribution in [0.25, 0.3) is 0 Å². The smallest absolute Gasteiger partial charge is 0.133 e. The van der Waals surface area contributed by atoms with E-state index in [4.69, 9.17) is 20.9 Å². The van der Waals surface area contributed by atoms with Crippen molar-refractivity contribution < 1.29 is 29.9 Å². The maximum Gasteiger partial charge on any atom is 0.133 e. The molecule has 0 aliphatic rings. The fraction of sp³-hybridized carbons (Fsp3) is 0.314. The Morgan fingerprint density at radius 2 is 1.26 bits per heavy atom. The number of aromatic hydroxyl groups is 2. The molecule has 4 aromatic carbocycles. The molecule has 0 heterocycles. The number of nitrogens with two attached hydrogens (primary N) is 2. The van der Waals surface area contributed by atoms with Gasteiger partial charge in [-0.2, -0.15) is 0 Å². The lowest BCUT2D eigenvalue weighted by Gasteiger charge is -2.23. The van der Waals surface area contributed by atoms with E-state index in [9.17, 15) is 20.4 Å². The SMILES string of the molecule is Cc1cc(Oc2c(C)cc(CC(N)CO)c(Cc3cc(CC(N)CO)cc(C)c3Oc3ccc(O)cc3)c2C)ccc1O. The summed E-state index contributed by atoms with van der Waals surface area (Å²) in [6.45, 7) is 7.51. The van der Waals surface area contributed by atoms with E-state index >= 15 is 0 Å². The molecule has 4 aromatic rings. The minimum atomic E-state index is -0.438. The molecule has 228 valence electrons. The summed E-state index contributed by atoms with van der Waals surface area (Å²) in [4.78, 5) is 0. The monoisotopic (exact) mass is 586 g/mol. The molecule has 0 saturated heterocycles. The van der Waals surface area contributed by atoms with Crippen LogP contribution in [0, 0.1) is 27.7 Å². The van der Waals surface area contributed by atoms with E-state index in [0.717, 1.165) is 38.9 Å². The van der Waals surface area contributed by atoms with Gasteiger partial charge in [0.25, 0.3) is 0 Å². The third kappa shape index (κ3) is 7.86. The third-order valence-electron chi connectivity index (χ3n) is 7.60. The molecule has 0 spiro atoms. The predicted molar refractivity (Wildman–Crippen MR) is 169 cm³/mol. The molecule has 4 rings (SSSR count). The first-order valence-electron chi connectivity index (χ1n) is 14.4. The predicted octanol–water partition coefficient (Wildman–Crippen LogP) is 5.23. The summed E-state index contributed by atoms with van der Waals surface area (Å²) in [5.74, 6) is 2.93. The normalized spacial score (nSPS) is 12.7. The summed E-state index contributed by atoms with van der Waals surface area (Å²) in [6.07, 6.45) is 1.43. The zero-order valence-corrected chi connectivity index (χ0v) is 25.2. The Kier molecular flexibility index (Phi) is 10.3. The van der Waals surface area contributed by atoms with Gasteiger partial charge in [-0.15, -0.1) is 0 Å². The second-order valence-electron chi connectivity index (χ2n) is 11.3. The van der Waals surface area contributed by atoms with Crippen LogP contribution in [0.3, 0.4) is 0 Å². The van der Waals surface area contributed by atoms with E-state index in [1.54, 1.807) is 42.5 Å². The maximum absolute atomic E-state index is 10.00. The van der Waals surface area contributed by atoms with E-state index < -0.39 is 12.1 Å². The highest BCUT2D eigenvalue weighted by atomic mass is 16.5. The average molecular weight is 587 g/mol. The van der Waals surface area contributed by atoms with Crippen molar-refractivity contribution in [3.05, 3.63) is 105 Å². The molecule has 0 radical (unpaired) electrons. The molecule has 8 nitrogen and oxygen atoms in total. The van der Waals surface area contributed by atoms with Crippen molar-refractivity contribution in [1.82, 2.24) is 0 Å². The molecule has 8 N–H and O–H groups in total. The van der Waals surface area contributed by atoms with Crippen molar-refractivity contribution in [3.63, 3.8) is 0 Å². The Labute approximate surface area is 253 Å². The summed E-state index contributed by atoms with van der Waals surface area (Å²) in [5.41, 5.74) is 19.7. The summed E-state index contributed by atoms with van der Waals surface area (Å²) in [5, 5.41) is 39.1. The van der Waals surface area contributed by atoms with Gasteiger partial charge in [0.05, 0.1) is 13.2 Å². The molecule has 43 heavy (non-hydrogen) atoms. The summed E-state index contributed by atoms with van der Waals surface area (Å²) in [6, 6.07) is 17.0. The Morgan fingerprint density at radius 3 is 1.91 bits per heavy atom. The number of rotatable bonds is 12. The van der Waals surface area contributed by atoms with Crippen LogP contribution in [0.15, 0.2) is 60.7 Å². The fourth-order valence-electron chi connectivity index (χ4n) is 5.34. The Hall–Kier alpha value is -4.08. The highest BCUT2D eigenvalue weighted by molar-refractivity contribution is 5.56. The lowest BCUT2D eigenvalue weighted by Crippen LogP contribution is -2.27. The van der Waals surface area contributed by atoms with Crippen LogP contribution in [0.2, 0.25) is 0 Å². The van der Waals surface area contributed by atoms with Gasteiger partial charge in [0.2, 0.25) is 0 Å². The highest BCUT2D eigenvalue weighted by Crippen LogP contribution is 2.39. The lowest BCUT2D eigenvalue weighted by atomic mass is 9.88. The zero-order valence-electron chi connectivity index (χ0n) is 25.2. The quantitative estimate of drug-likeness (QED) is 0.132. The number of benzene rings is 4. The molecule has 0 aromatic heterocycles. The van der Waals surface area contributed by atoms with Crippen LogP contribution in [0.5, 0.6) is 34.5 Å². The van der Waals surface area contributed by atoms with Crippen LogP contribution in [-0.4, -0.2) is 45.7 Å². The maximum atomic E-state index is 10.00. The molecule has 2 unspecified atom stereocenters. The van der Waals surface area contributed by atoms with Crippen LogP contribution in [0.1, 0.15) is 44.5 Å². The van der Waals surface area contributed by atoms with E-state index in [2.05, 4.69) is 12.1 Å². The van der Waals surface area contributed by atoms with Crippen LogP contribution in [-0.2, 0) is 19.3 Å². The molecule has 8 heteroatoms. The average Bonchev–Trinajstić information content (AvgIpc) is 2.97. The van der Waals surface area contributed by atoms with Gasteiger partial charge in [-0.05, 0) is 128 Å². The van der Waals surface area contributed by atoms with Gasteiger partial charge in [-0.1, -0.05) is 18.2 Å². The van der Waals surface area contributed by atoms with E-state index in [-0.39, 0.29) is 24.7 Å². The first kappa shape index (κ1) is 31.8. The van der Waals surface area contributed by atoms with Crippen molar-refractivity contribution in [1.29, 1.82) is 0 Å². The number of aryl methyl sites for hydroxylation is 3. The molecule has 2 atom stereocenters. The van der Waals surface area contributed by atoms with Gasteiger partial charge in [-0.3, -0.25) is 0 Å². The topological polar surface area (TPSA) is 151 Å². The summed E-state index contributed by atoms with van der Waals surface area (Å²) in [7, 11) is 0. The third-order valence-corrected chi connectivity index (χ3v) is 7.60. The van der Waals surface area contributed by atoms with Gasteiger partial charge in [0.15, 0.2) is 0 Å². The minimum absolute atomic E-state index is 0.127. The van der Waals surface area contributed by atoms with Crippen molar-refractivity contribution in [2.24, 2.45) is 11.5 Å². The van der Waals surface area contributed by atoms with Crippen LogP contribution in [0.4, 0.5) is 0 Å². The minimum Gasteiger partial charge on any atom is -0.508 e. The van der Waals surface area contributed by atoms with Gasteiger partial charge in [0.1, 0.15) is 34.5 Å². The van der Waals surface area contributed by atoms with Gasteiger partial charge < -0.3 is 41.4 Å². The van der Waals surface area contributed by atoms with Crippen molar-refractivity contribution in [3.8, 4) is 34.5 Å². The number of aliphatic hydroxyl groups is 2. The summed E-state index contributed by atoms with van der Waals surface area (Å²) >= 11 is 0. The van der Waals surface area contributed by atoms with E-state index in [1.807, 2.05) is 33.8 Å². The van der Waals surface area contributed by atoms with Crippen LogP contribution >= 0.6 is 0 Å². The molecule has 0 aliphatic heterocycles. The summed E-state index contributed by atoms with van der Waals surface area (Å²) < 4.78 is 12.8. The fourth-order valence-corrected chi connectivity index (χ4v) is 5.34. The number of phenols is 2. The van der Waals surface area contributed by atoms with Gasteiger partial charge in [-0.25, -0.2) is 0 Å². The van der Waals surface area contributed by atoms with Crippen molar-refractivity contribution in [2.45, 2.75) is 59.0 Å². The van der Waals surface area contributed by atoms with E-state index in [1.165, 1.54) is 0 Å². The molecule has 0 fully saturated rings. The number of phenolic OH excluding ortho intramolecular Hbond substituents is 2. The Bertz CT molecular complexity index is 1570. The molecule has 0 aliphatic carbocycles. The number of aliphatic hydroxyl groups excluding tert-OH is 2. The van der Waals surface area contributed by atoms with Crippen molar-refractivity contribution in [2.75, 3.05) is 13.2 Å². The molecule has 0 amide bonds. The number of ether oxygens (including phenoxy) is 2. The largest absolute Gasteiger partial charge is 0.508 e. The second kappa shape index (κ2) is 13.9. The Balaban J connectivity index is 1.85. The molecule has 0 bridgehead atoms. The number of hydrogen-bond acceptors (Lipinski definition) is 8. The zero-order chi connectivity index (χ0) is 31.3. The van der Waals surface area contributed by atoms with E-state index in [0.29, 0.717) is 47.8 Å². The first-order chi connectivity index (χ1) is 20.5. The van der Waals surface area contributed by atoms with Crippen molar-refractivity contribution >= 4 is 0 Å². The number of hydrogen-bond donors (Lipinski definition) is 6. The first-order valence-corrected chi connectivity index (χ1v) is 14.4. The second-order valence-corrected chi connectivity index (χ2v) is 11.3. The van der Waals surface area contributed by atoms with Gasteiger partial charge in [0, 0.05) is 18.5 Å². The lowest BCUT2D eigenvalue weighted by molar-refractivity contribution is 0.265.